The van der Waals surface area contributed by atoms with Crippen LogP contribution in [-0.2, 0) is 4.79 Å². The quantitative estimate of drug-likeness (QED) is 0.420. The van der Waals surface area contributed by atoms with Crippen LogP contribution >= 0.6 is 0 Å². The van der Waals surface area contributed by atoms with E-state index in [0.29, 0.717) is 29.7 Å². The van der Waals surface area contributed by atoms with E-state index in [1.165, 1.54) is 10.6 Å². The lowest BCUT2D eigenvalue weighted by Crippen LogP contribution is -2.31. The summed E-state index contributed by atoms with van der Waals surface area (Å²) in [7, 11) is 1.73. The van der Waals surface area contributed by atoms with Crippen LogP contribution in [0.3, 0.4) is 0 Å². The molecular formula is C18H20F2N10O. The minimum Gasteiger partial charge on any atom is -0.382 e. The molecule has 31 heavy (non-hydrogen) atoms. The minimum absolute atomic E-state index is 0.0385. The zero-order valence-electron chi connectivity index (χ0n) is 16.5. The van der Waals surface area contributed by atoms with E-state index in [4.69, 9.17) is 11.3 Å². The Hall–Kier alpha value is -3.90. The number of nitrogens with two attached hydrogens (primary N) is 1. The highest BCUT2D eigenvalue weighted by Gasteiger charge is 2.29. The first-order valence-corrected chi connectivity index (χ1v) is 9.44. The van der Waals surface area contributed by atoms with Crippen LogP contribution in [-0.4, -0.2) is 63.0 Å². The van der Waals surface area contributed by atoms with Gasteiger partial charge in [0.25, 0.3) is 6.43 Å². The van der Waals surface area contributed by atoms with E-state index in [1.807, 2.05) is 0 Å². The topological polar surface area (TPSA) is 150 Å². The summed E-state index contributed by atoms with van der Waals surface area (Å²) in [6.07, 6.45) is -0.284. The number of halogens is 2. The SMILES string of the molecule is CN1CC[C@H](Nc2nc(N)c3c(-c4ccc(N=N)c(NCC(F)F)n4)ccn3n2)C1=O. The number of likely N-dealkylation sites (tertiary alicyclic amines) is 1. The maximum absolute atomic E-state index is 12.6. The second kappa shape index (κ2) is 8.08. The molecule has 0 aromatic carbocycles. The summed E-state index contributed by atoms with van der Waals surface area (Å²) in [5.74, 6) is 0.406. The number of anilines is 3. The van der Waals surface area contributed by atoms with Gasteiger partial charge in [0.2, 0.25) is 11.9 Å². The third-order valence-electron chi connectivity index (χ3n) is 4.96. The summed E-state index contributed by atoms with van der Waals surface area (Å²) in [5, 5.41) is 13.2. The van der Waals surface area contributed by atoms with Gasteiger partial charge in [0.05, 0.1) is 12.2 Å². The van der Waals surface area contributed by atoms with Crippen molar-refractivity contribution >= 4 is 34.7 Å². The standard InChI is InChI=1S/C18H20F2N10O/c1-29-6-5-12(17(29)31)25-18-26-15(21)14-9(4-7-30(14)28-18)10-2-3-11(27-22)16(24-10)23-8-13(19)20/h2-4,7,12-13,22H,5-6,8H2,1H3,(H,23,24)(H3,21,25,26,28)/t12-/m0/s1. The van der Waals surface area contributed by atoms with Gasteiger partial charge in [0, 0.05) is 25.4 Å². The van der Waals surface area contributed by atoms with Gasteiger partial charge in [0.1, 0.15) is 17.2 Å². The Morgan fingerprint density at radius 1 is 1.35 bits per heavy atom. The summed E-state index contributed by atoms with van der Waals surface area (Å²) in [4.78, 5) is 22.3. The molecule has 1 aliphatic rings. The summed E-state index contributed by atoms with van der Waals surface area (Å²) in [5.41, 5.74) is 15.0. The zero-order valence-corrected chi connectivity index (χ0v) is 16.5. The molecule has 1 saturated heterocycles. The highest BCUT2D eigenvalue weighted by Crippen LogP contribution is 2.32. The number of nitrogens with zero attached hydrogens (tertiary/aromatic N) is 6. The van der Waals surface area contributed by atoms with Crippen LogP contribution in [0.5, 0.6) is 0 Å². The molecule has 1 aliphatic heterocycles. The predicted molar refractivity (Wildman–Crippen MR) is 110 cm³/mol. The van der Waals surface area contributed by atoms with Gasteiger partial charge in [0.15, 0.2) is 11.6 Å². The average Bonchev–Trinajstić information content (AvgIpc) is 3.31. The highest BCUT2D eigenvalue weighted by molar-refractivity contribution is 5.88. The molecule has 162 valence electrons. The Balaban J connectivity index is 1.67. The molecule has 11 nitrogen and oxygen atoms in total. The fraction of sp³-hybridized carbons (Fsp3) is 0.333. The van der Waals surface area contributed by atoms with E-state index in [0.717, 1.165) is 0 Å². The van der Waals surface area contributed by atoms with Crippen molar-refractivity contribution in [3.8, 4) is 11.3 Å². The molecule has 4 heterocycles. The van der Waals surface area contributed by atoms with Gasteiger partial charge in [-0.2, -0.15) is 10.1 Å². The Bertz CT molecular complexity index is 1150. The van der Waals surface area contributed by atoms with E-state index in [1.54, 1.807) is 30.3 Å². The smallest absolute Gasteiger partial charge is 0.255 e. The van der Waals surface area contributed by atoms with E-state index in [-0.39, 0.29) is 29.2 Å². The summed E-state index contributed by atoms with van der Waals surface area (Å²) in [6, 6.07) is 4.41. The molecule has 0 aliphatic carbocycles. The maximum atomic E-state index is 12.6. The minimum atomic E-state index is -2.58. The number of hydrogen-bond donors (Lipinski definition) is 4. The average molecular weight is 430 g/mol. The van der Waals surface area contributed by atoms with E-state index >= 15 is 0 Å². The number of nitrogen functional groups attached to an aromatic ring is 1. The van der Waals surface area contributed by atoms with Crippen LogP contribution in [0.1, 0.15) is 6.42 Å². The van der Waals surface area contributed by atoms with Crippen LogP contribution in [0.15, 0.2) is 29.5 Å². The number of carbonyl (C=O) groups excluding carboxylic acids is 1. The lowest BCUT2D eigenvalue weighted by Gasteiger charge is -2.13. The van der Waals surface area contributed by atoms with Crippen molar-refractivity contribution in [3.63, 3.8) is 0 Å². The number of aromatic nitrogens is 4. The fourth-order valence-corrected chi connectivity index (χ4v) is 3.43. The Morgan fingerprint density at radius 2 is 2.16 bits per heavy atom. The van der Waals surface area contributed by atoms with Crippen LogP contribution in [0.25, 0.3) is 16.8 Å². The van der Waals surface area contributed by atoms with E-state index in [9.17, 15) is 13.6 Å². The highest BCUT2D eigenvalue weighted by atomic mass is 19.3. The van der Waals surface area contributed by atoms with Crippen LogP contribution in [0, 0.1) is 5.53 Å². The Kier molecular flexibility index (Phi) is 5.31. The molecule has 1 atom stereocenters. The number of nitrogens with one attached hydrogen (secondary N) is 3. The lowest BCUT2D eigenvalue weighted by atomic mass is 10.1. The Morgan fingerprint density at radius 3 is 2.84 bits per heavy atom. The van der Waals surface area contributed by atoms with Crippen LogP contribution in [0.2, 0.25) is 0 Å². The number of amides is 1. The largest absolute Gasteiger partial charge is 0.382 e. The maximum Gasteiger partial charge on any atom is 0.255 e. The number of alkyl halides is 2. The molecule has 13 heteroatoms. The van der Waals surface area contributed by atoms with E-state index in [2.05, 4.69) is 30.8 Å². The first-order chi connectivity index (χ1) is 14.9. The van der Waals surface area contributed by atoms with Crippen molar-refractivity contribution in [3.05, 3.63) is 24.4 Å². The van der Waals surface area contributed by atoms with Crippen molar-refractivity contribution in [2.24, 2.45) is 5.11 Å². The third-order valence-corrected chi connectivity index (χ3v) is 4.96. The van der Waals surface area contributed by atoms with Gasteiger partial charge in [-0.15, -0.1) is 5.10 Å². The Labute approximate surface area is 175 Å². The molecule has 0 bridgehead atoms. The third kappa shape index (κ3) is 3.93. The van der Waals surface area contributed by atoms with E-state index < -0.39 is 19.0 Å². The summed E-state index contributed by atoms with van der Waals surface area (Å²) < 4.78 is 26.7. The molecule has 5 N–H and O–H groups in total. The second-order valence-corrected chi connectivity index (χ2v) is 7.04. The molecule has 0 radical (unpaired) electrons. The van der Waals surface area contributed by atoms with Gasteiger partial charge in [-0.1, -0.05) is 0 Å². The fourth-order valence-electron chi connectivity index (χ4n) is 3.43. The van der Waals surface area contributed by atoms with Gasteiger partial charge in [-0.25, -0.2) is 23.8 Å². The lowest BCUT2D eigenvalue weighted by molar-refractivity contribution is -0.127. The number of likely N-dealkylation sites (N-methyl/N-ethyl adjacent to an activating group) is 1. The molecule has 4 rings (SSSR count). The van der Waals surface area contributed by atoms with Crippen LogP contribution < -0.4 is 16.4 Å². The second-order valence-electron chi connectivity index (χ2n) is 7.04. The van der Waals surface area contributed by atoms with Crippen LogP contribution in [0.4, 0.5) is 32.1 Å². The molecule has 0 saturated carbocycles. The molecule has 1 amide bonds. The first kappa shape index (κ1) is 20.4. The molecule has 0 unspecified atom stereocenters. The number of fused-ring (bicyclic) bond motifs is 1. The molecule has 3 aromatic heterocycles. The number of pyridine rings is 1. The monoisotopic (exact) mass is 430 g/mol. The van der Waals surface area contributed by atoms with Crippen molar-refractivity contribution in [2.75, 3.05) is 36.5 Å². The first-order valence-electron chi connectivity index (χ1n) is 9.44. The predicted octanol–water partition coefficient (Wildman–Crippen LogP) is 2.36. The molecule has 1 fully saturated rings. The number of hydrogen-bond acceptors (Lipinski definition) is 9. The molecular weight excluding hydrogens is 410 g/mol. The van der Waals surface area contributed by atoms with Crippen molar-refractivity contribution in [1.29, 1.82) is 5.53 Å². The number of carbonyl (C=O) groups is 1. The van der Waals surface area contributed by atoms with Gasteiger partial charge < -0.3 is 21.3 Å². The van der Waals surface area contributed by atoms with Gasteiger partial charge >= 0.3 is 0 Å². The molecule has 3 aromatic rings. The zero-order chi connectivity index (χ0) is 22.1. The number of rotatable bonds is 7. The van der Waals surface area contributed by atoms with Gasteiger partial charge in [-0.3, -0.25) is 4.79 Å². The summed E-state index contributed by atoms with van der Waals surface area (Å²) >= 11 is 0. The molecule has 0 spiro atoms. The van der Waals surface area contributed by atoms with Crippen molar-refractivity contribution in [1.82, 2.24) is 24.5 Å². The van der Waals surface area contributed by atoms with Crippen molar-refractivity contribution < 1.29 is 13.6 Å². The summed E-state index contributed by atoms with van der Waals surface area (Å²) in [6.45, 7) is 0.0287. The normalized spacial score (nSPS) is 16.3. The van der Waals surface area contributed by atoms with Crippen molar-refractivity contribution in [2.45, 2.75) is 18.9 Å². The van der Waals surface area contributed by atoms with Gasteiger partial charge in [-0.05, 0) is 24.6 Å².